The van der Waals surface area contributed by atoms with Crippen LogP contribution >= 0.6 is 0 Å². The first-order valence-corrected chi connectivity index (χ1v) is 10.3. The second-order valence-electron chi connectivity index (χ2n) is 7.14. The zero-order chi connectivity index (χ0) is 18.9. The summed E-state index contributed by atoms with van der Waals surface area (Å²) < 4.78 is 5.71. The van der Waals surface area contributed by atoms with E-state index in [1.54, 1.807) is 6.92 Å². The van der Waals surface area contributed by atoms with E-state index < -0.39 is 0 Å². The first-order chi connectivity index (χ1) is 12.0. The molecule has 3 nitrogen and oxygen atoms in total. The number of aliphatic hydroxyl groups excluding tert-OH is 2. The molecule has 1 rings (SSSR count). The fraction of sp³-hybridized carbons (Fsp3) is 0.818. The van der Waals surface area contributed by atoms with Crippen LogP contribution in [0.15, 0.2) is 24.3 Å². The van der Waals surface area contributed by atoms with Gasteiger partial charge in [-0.1, -0.05) is 38.2 Å². The molecule has 1 heterocycles. The minimum Gasteiger partial charge on any atom is -0.393 e. The molecule has 0 aromatic heterocycles. The third kappa shape index (κ3) is 16.6. The van der Waals surface area contributed by atoms with Gasteiger partial charge in [0, 0.05) is 0 Å². The Morgan fingerprint density at radius 3 is 2.08 bits per heavy atom. The molecule has 1 aliphatic rings. The molecule has 1 saturated heterocycles. The van der Waals surface area contributed by atoms with Crippen molar-refractivity contribution in [1.82, 2.24) is 0 Å². The molecule has 2 N–H and O–H groups in total. The average molecular weight is 355 g/mol. The molecule has 0 radical (unpaired) electrons. The van der Waals surface area contributed by atoms with E-state index in [1.807, 2.05) is 0 Å². The molecule has 0 saturated carbocycles. The van der Waals surface area contributed by atoms with Crippen molar-refractivity contribution in [2.24, 2.45) is 0 Å². The van der Waals surface area contributed by atoms with Gasteiger partial charge in [0.1, 0.15) is 0 Å². The highest BCUT2D eigenvalue weighted by Gasteiger charge is 2.20. The molecule has 4 atom stereocenters. The van der Waals surface area contributed by atoms with Crippen LogP contribution in [-0.2, 0) is 4.74 Å². The van der Waals surface area contributed by atoms with Gasteiger partial charge in [-0.15, -0.1) is 0 Å². The molecular formula is C22H42O3. The smallest absolute Gasteiger partial charge is 0.0582 e. The van der Waals surface area contributed by atoms with Gasteiger partial charge in [-0.2, -0.15) is 0 Å². The lowest BCUT2D eigenvalue weighted by Gasteiger charge is -2.09. The predicted molar refractivity (Wildman–Crippen MR) is 108 cm³/mol. The van der Waals surface area contributed by atoms with Gasteiger partial charge in [0.15, 0.2) is 0 Å². The maximum Gasteiger partial charge on any atom is 0.0582 e. The molecule has 1 aliphatic heterocycles. The van der Waals surface area contributed by atoms with Gasteiger partial charge in [0.2, 0.25) is 0 Å². The van der Waals surface area contributed by atoms with Gasteiger partial charge in [0.25, 0.3) is 0 Å². The van der Waals surface area contributed by atoms with E-state index in [4.69, 9.17) is 9.84 Å². The highest BCUT2D eigenvalue weighted by molar-refractivity contribution is 4.82. The number of ether oxygens (including phenoxy) is 1. The fourth-order valence-electron chi connectivity index (χ4n) is 2.82. The molecule has 25 heavy (non-hydrogen) atoms. The van der Waals surface area contributed by atoms with Gasteiger partial charge in [0.05, 0.1) is 24.4 Å². The summed E-state index contributed by atoms with van der Waals surface area (Å²) in [7, 11) is 0. The van der Waals surface area contributed by atoms with Crippen molar-refractivity contribution in [3.63, 3.8) is 0 Å². The maximum atomic E-state index is 9.45. The Labute approximate surface area is 156 Å². The molecule has 0 aliphatic carbocycles. The van der Waals surface area contributed by atoms with E-state index in [2.05, 4.69) is 45.1 Å². The lowest BCUT2D eigenvalue weighted by Crippen LogP contribution is -2.10. The van der Waals surface area contributed by atoms with Crippen LogP contribution in [0.3, 0.4) is 0 Å². The van der Waals surface area contributed by atoms with Crippen molar-refractivity contribution in [1.29, 1.82) is 0 Å². The number of aliphatic hydroxyl groups is 2. The molecule has 1 fully saturated rings. The summed E-state index contributed by atoms with van der Waals surface area (Å²) in [4.78, 5) is 0. The summed E-state index contributed by atoms with van der Waals surface area (Å²) in [6.07, 6.45) is 19.5. The molecule has 0 bridgehead atoms. The zero-order valence-corrected chi connectivity index (χ0v) is 17.0. The molecule has 3 heteroatoms. The van der Waals surface area contributed by atoms with E-state index >= 15 is 0 Å². The zero-order valence-electron chi connectivity index (χ0n) is 17.0. The number of hydrogen-bond donors (Lipinski definition) is 2. The maximum absolute atomic E-state index is 9.45. The largest absolute Gasteiger partial charge is 0.393 e. The van der Waals surface area contributed by atoms with Crippen LogP contribution in [0, 0.1) is 0 Å². The average Bonchev–Trinajstić information content (AvgIpc) is 3.00. The lowest BCUT2D eigenvalue weighted by atomic mass is 10.1. The standard InChI is InChI=1S/C11H22O2.C11H20O/c1-3-4-5-6-7-11(13)9-8-10(2)12;1-3-4-5-6-7-11-9-8-10(2)12-11/h4-5,10-13H,3,6-9H2,1-2H3;4-5,10-11H,3,6-9H2,1-2H3/b2*5-4+. The molecule has 0 aromatic rings. The van der Waals surface area contributed by atoms with E-state index in [-0.39, 0.29) is 12.2 Å². The Kier molecular flexibility index (Phi) is 16.4. The first kappa shape index (κ1) is 24.4. The summed E-state index contributed by atoms with van der Waals surface area (Å²) in [5.74, 6) is 0. The predicted octanol–water partition coefficient (Wildman–Crippen LogP) is 5.56. The van der Waals surface area contributed by atoms with Crippen LogP contribution in [0.25, 0.3) is 0 Å². The van der Waals surface area contributed by atoms with Crippen LogP contribution < -0.4 is 0 Å². The normalized spacial score (nSPS) is 23.0. The lowest BCUT2D eigenvalue weighted by molar-refractivity contribution is 0.0516. The highest BCUT2D eigenvalue weighted by atomic mass is 16.5. The molecule has 0 amide bonds. The van der Waals surface area contributed by atoms with E-state index in [1.165, 1.54) is 25.7 Å². The van der Waals surface area contributed by atoms with Gasteiger partial charge in [-0.25, -0.2) is 0 Å². The number of allylic oxidation sites excluding steroid dienone is 4. The van der Waals surface area contributed by atoms with E-state index in [0.29, 0.717) is 25.0 Å². The molecule has 0 spiro atoms. The Morgan fingerprint density at radius 1 is 0.920 bits per heavy atom. The highest BCUT2D eigenvalue weighted by Crippen LogP contribution is 2.22. The van der Waals surface area contributed by atoms with Gasteiger partial charge in [-0.05, 0) is 78.1 Å². The Bertz CT molecular complexity index is 336. The monoisotopic (exact) mass is 354 g/mol. The van der Waals surface area contributed by atoms with Crippen LogP contribution in [-0.4, -0.2) is 34.6 Å². The SMILES string of the molecule is CC/C=C/CCC(O)CCC(C)O.CC/C=C/CCC1CCC(C)O1. The second-order valence-corrected chi connectivity index (χ2v) is 7.14. The summed E-state index contributed by atoms with van der Waals surface area (Å²) in [5, 5.41) is 18.4. The minimum atomic E-state index is -0.291. The van der Waals surface area contributed by atoms with Gasteiger partial charge in [-0.3, -0.25) is 0 Å². The van der Waals surface area contributed by atoms with Crippen molar-refractivity contribution in [2.75, 3.05) is 0 Å². The van der Waals surface area contributed by atoms with Gasteiger partial charge >= 0.3 is 0 Å². The summed E-state index contributed by atoms with van der Waals surface area (Å²) in [6.45, 7) is 8.19. The quantitative estimate of drug-likeness (QED) is 0.478. The van der Waals surface area contributed by atoms with Crippen molar-refractivity contribution in [3.05, 3.63) is 24.3 Å². The third-order valence-corrected chi connectivity index (χ3v) is 4.36. The van der Waals surface area contributed by atoms with Crippen LogP contribution in [0.2, 0.25) is 0 Å². The van der Waals surface area contributed by atoms with Gasteiger partial charge < -0.3 is 14.9 Å². The summed E-state index contributed by atoms with van der Waals surface area (Å²) in [6, 6.07) is 0. The molecule has 4 unspecified atom stereocenters. The minimum absolute atomic E-state index is 0.254. The third-order valence-electron chi connectivity index (χ3n) is 4.36. The Balaban J connectivity index is 0.000000462. The Hall–Kier alpha value is -0.640. The first-order valence-electron chi connectivity index (χ1n) is 10.3. The summed E-state index contributed by atoms with van der Waals surface area (Å²) in [5.41, 5.74) is 0. The topological polar surface area (TPSA) is 49.7 Å². The fourth-order valence-corrected chi connectivity index (χ4v) is 2.82. The second kappa shape index (κ2) is 16.8. The number of rotatable bonds is 11. The summed E-state index contributed by atoms with van der Waals surface area (Å²) >= 11 is 0. The molecule has 148 valence electrons. The number of hydrogen-bond acceptors (Lipinski definition) is 3. The van der Waals surface area contributed by atoms with Crippen LogP contribution in [0.1, 0.15) is 91.9 Å². The molecular weight excluding hydrogens is 312 g/mol. The molecule has 0 aromatic carbocycles. The van der Waals surface area contributed by atoms with Crippen molar-refractivity contribution in [2.45, 2.75) is 116 Å². The van der Waals surface area contributed by atoms with E-state index in [9.17, 15) is 5.11 Å². The van der Waals surface area contributed by atoms with Crippen molar-refractivity contribution in [3.8, 4) is 0 Å². The van der Waals surface area contributed by atoms with E-state index in [0.717, 1.165) is 25.7 Å². The van der Waals surface area contributed by atoms with Crippen molar-refractivity contribution >= 4 is 0 Å². The van der Waals surface area contributed by atoms with Crippen LogP contribution in [0.4, 0.5) is 0 Å². The Morgan fingerprint density at radius 2 is 1.56 bits per heavy atom. The van der Waals surface area contributed by atoms with Crippen LogP contribution in [0.5, 0.6) is 0 Å². The van der Waals surface area contributed by atoms with Crippen molar-refractivity contribution < 1.29 is 14.9 Å².